The Morgan fingerprint density at radius 3 is 2.58 bits per heavy atom. The van der Waals surface area contributed by atoms with Gasteiger partial charge in [-0.05, 0) is 48.9 Å². The molecule has 1 amide bonds. The van der Waals surface area contributed by atoms with Gasteiger partial charge in [-0.15, -0.1) is 0 Å². The highest BCUT2D eigenvalue weighted by Gasteiger charge is 2.18. The highest BCUT2D eigenvalue weighted by molar-refractivity contribution is 5.93. The molecule has 0 fully saturated rings. The second-order valence-corrected chi connectivity index (χ2v) is 6.54. The van der Waals surface area contributed by atoms with E-state index in [0.717, 1.165) is 11.3 Å². The van der Waals surface area contributed by atoms with Gasteiger partial charge in [0.2, 0.25) is 5.88 Å². The maximum absolute atomic E-state index is 13.2. The summed E-state index contributed by atoms with van der Waals surface area (Å²) in [6.07, 6.45) is 1.26. The van der Waals surface area contributed by atoms with Crippen LogP contribution in [-0.4, -0.2) is 34.2 Å². The summed E-state index contributed by atoms with van der Waals surface area (Å²) in [5.41, 5.74) is 2.15. The number of hydrogen-bond acceptors (Lipinski definition) is 7. The Balaban J connectivity index is 1.42. The number of halogens is 1. The Bertz CT molecular complexity index is 1180. The lowest BCUT2D eigenvalue weighted by molar-refractivity contribution is -0.123. The lowest BCUT2D eigenvalue weighted by Gasteiger charge is -2.08. The fraction of sp³-hybridized carbons (Fsp3) is 0.182. The lowest BCUT2D eigenvalue weighted by Crippen LogP contribution is -2.28. The standard InChI is InChI=1S/C22H19FN4O4/c1-2-29-17-9-3-14(4-10-17)11-24-18(28)12-30-21-19-20(15-5-7-16(23)8-6-15)27-31-22(19)26-13-25-21/h3-10,13H,2,11-12H2,1H3,(H,24,28). The van der Waals surface area contributed by atoms with Gasteiger partial charge in [-0.2, -0.15) is 4.98 Å². The summed E-state index contributed by atoms with van der Waals surface area (Å²) in [7, 11) is 0. The Hall–Kier alpha value is -4.01. The molecule has 0 aliphatic rings. The van der Waals surface area contributed by atoms with Crippen molar-refractivity contribution in [3.63, 3.8) is 0 Å². The summed E-state index contributed by atoms with van der Waals surface area (Å²) in [4.78, 5) is 20.4. The Labute approximate surface area is 177 Å². The SMILES string of the molecule is CCOc1ccc(CNC(=O)COc2ncnc3onc(-c4ccc(F)cc4)c23)cc1. The molecule has 9 heteroatoms. The van der Waals surface area contributed by atoms with Crippen LogP contribution in [0.2, 0.25) is 0 Å². The molecular weight excluding hydrogens is 403 g/mol. The third-order valence-corrected chi connectivity index (χ3v) is 4.42. The van der Waals surface area contributed by atoms with Gasteiger partial charge in [0.15, 0.2) is 6.61 Å². The molecule has 2 aromatic heterocycles. The third-order valence-electron chi connectivity index (χ3n) is 4.42. The molecule has 0 saturated carbocycles. The van der Waals surface area contributed by atoms with E-state index in [2.05, 4.69) is 20.4 Å². The van der Waals surface area contributed by atoms with Gasteiger partial charge >= 0.3 is 0 Å². The Morgan fingerprint density at radius 2 is 1.84 bits per heavy atom. The molecule has 0 bridgehead atoms. The van der Waals surface area contributed by atoms with Crippen molar-refractivity contribution >= 4 is 17.0 Å². The summed E-state index contributed by atoms with van der Waals surface area (Å²) in [6, 6.07) is 13.2. The first-order chi connectivity index (χ1) is 15.1. The molecule has 8 nitrogen and oxygen atoms in total. The molecule has 31 heavy (non-hydrogen) atoms. The first-order valence-electron chi connectivity index (χ1n) is 9.61. The van der Waals surface area contributed by atoms with Crippen LogP contribution in [0.4, 0.5) is 4.39 Å². The number of carbonyl (C=O) groups is 1. The zero-order valence-electron chi connectivity index (χ0n) is 16.7. The van der Waals surface area contributed by atoms with Gasteiger partial charge in [0.1, 0.15) is 29.0 Å². The number of aromatic nitrogens is 3. The molecule has 158 valence electrons. The zero-order valence-corrected chi connectivity index (χ0v) is 16.7. The summed E-state index contributed by atoms with van der Waals surface area (Å²) >= 11 is 0. The maximum atomic E-state index is 13.2. The first-order valence-corrected chi connectivity index (χ1v) is 9.61. The summed E-state index contributed by atoms with van der Waals surface area (Å²) < 4.78 is 29.5. The molecule has 0 aliphatic heterocycles. The van der Waals surface area contributed by atoms with E-state index in [9.17, 15) is 9.18 Å². The van der Waals surface area contributed by atoms with Crippen molar-refractivity contribution in [2.45, 2.75) is 13.5 Å². The summed E-state index contributed by atoms with van der Waals surface area (Å²) in [5.74, 6) is 0.245. The van der Waals surface area contributed by atoms with Crippen molar-refractivity contribution in [2.24, 2.45) is 0 Å². The number of benzene rings is 2. The average molecular weight is 422 g/mol. The molecule has 1 N–H and O–H groups in total. The largest absolute Gasteiger partial charge is 0.494 e. The van der Waals surface area contributed by atoms with Crippen LogP contribution in [0.3, 0.4) is 0 Å². The van der Waals surface area contributed by atoms with Gasteiger partial charge in [-0.3, -0.25) is 4.79 Å². The lowest BCUT2D eigenvalue weighted by atomic mass is 10.1. The van der Waals surface area contributed by atoms with E-state index in [1.807, 2.05) is 31.2 Å². The van der Waals surface area contributed by atoms with E-state index >= 15 is 0 Å². The van der Waals surface area contributed by atoms with Gasteiger partial charge in [-0.25, -0.2) is 9.37 Å². The van der Waals surface area contributed by atoms with Crippen molar-refractivity contribution in [1.29, 1.82) is 0 Å². The van der Waals surface area contributed by atoms with Crippen molar-refractivity contribution in [2.75, 3.05) is 13.2 Å². The smallest absolute Gasteiger partial charge is 0.265 e. The van der Waals surface area contributed by atoms with Crippen molar-refractivity contribution in [1.82, 2.24) is 20.4 Å². The topological polar surface area (TPSA) is 99.4 Å². The highest BCUT2D eigenvalue weighted by atomic mass is 19.1. The Morgan fingerprint density at radius 1 is 1.06 bits per heavy atom. The van der Waals surface area contributed by atoms with Crippen LogP contribution in [0.1, 0.15) is 12.5 Å². The highest BCUT2D eigenvalue weighted by Crippen LogP contribution is 2.32. The molecule has 2 heterocycles. The molecule has 0 radical (unpaired) electrons. The minimum atomic E-state index is -0.367. The van der Waals surface area contributed by atoms with E-state index in [4.69, 9.17) is 14.0 Å². The van der Waals surface area contributed by atoms with E-state index in [-0.39, 0.29) is 29.9 Å². The maximum Gasteiger partial charge on any atom is 0.265 e. The number of ether oxygens (including phenoxy) is 2. The molecule has 0 spiro atoms. The quantitative estimate of drug-likeness (QED) is 0.464. The molecule has 0 unspecified atom stereocenters. The second kappa shape index (κ2) is 9.21. The number of carbonyl (C=O) groups excluding carboxylic acids is 1. The number of amides is 1. The van der Waals surface area contributed by atoms with Crippen LogP contribution in [0.5, 0.6) is 11.6 Å². The first kappa shape index (κ1) is 20.3. The fourth-order valence-electron chi connectivity index (χ4n) is 2.93. The van der Waals surface area contributed by atoms with E-state index < -0.39 is 0 Å². The van der Waals surface area contributed by atoms with Gasteiger partial charge < -0.3 is 19.3 Å². The Kier molecular flexibility index (Phi) is 6.02. The fourth-order valence-corrected chi connectivity index (χ4v) is 2.93. The van der Waals surface area contributed by atoms with Crippen molar-refractivity contribution in [3.8, 4) is 22.9 Å². The molecule has 0 aliphatic carbocycles. The predicted octanol–water partition coefficient (Wildman–Crippen LogP) is 3.52. The van der Waals surface area contributed by atoms with Crippen LogP contribution < -0.4 is 14.8 Å². The molecule has 0 saturated heterocycles. The van der Waals surface area contributed by atoms with Gasteiger partial charge in [-0.1, -0.05) is 17.3 Å². The van der Waals surface area contributed by atoms with Gasteiger partial charge in [0, 0.05) is 12.1 Å². The van der Waals surface area contributed by atoms with Crippen molar-refractivity contribution < 1.29 is 23.2 Å². The second-order valence-electron chi connectivity index (χ2n) is 6.54. The molecular formula is C22H19FN4O4. The summed E-state index contributed by atoms with van der Waals surface area (Å²) in [6.45, 7) is 2.61. The monoisotopic (exact) mass is 422 g/mol. The van der Waals surface area contributed by atoms with E-state index in [0.29, 0.717) is 29.8 Å². The summed E-state index contributed by atoms with van der Waals surface area (Å²) in [5, 5.41) is 7.19. The number of fused-ring (bicyclic) bond motifs is 1. The third kappa shape index (κ3) is 4.77. The average Bonchev–Trinajstić information content (AvgIpc) is 3.23. The molecule has 0 atom stereocenters. The molecule has 2 aromatic carbocycles. The number of nitrogens with zero attached hydrogens (tertiary/aromatic N) is 3. The van der Waals surface area contributed by atoms with Crippen LogP contribution >= 0.6 is 0 Å². The van der Waals surface area contributed by atoms with E-state index in [1.165, 1.54) is 18.5 Å². The van der Waals surface area contributed by atoms with Gasteiger partial charge in [0.05, 0.1) is 6.61 Å². The number of nitrogens with one attached hydrogen (secondary N) is 1. The molecule has 4 rings (SSSR count). The minimum absolute atomic E-state index is 0.154. The zero-order chi connectivity index (χ0) is 21.6. The number of rotatable bonds is 8. The minimum Gasteiger partial charge on any atom is -0.494 e. The van der Waals surface area contributed by atoms with E-state index in [1.54, 1.807) is 12.1 Å². The van der Waals surface area contributed by atoms with Crippen LogP contribution in [0, 0.1) is 5.82 Å². The number of hydrogen-bond donors (Lipinski definition) is 1. The van der Waals surface area contributed by atoms with Crippen molar-refractivity contribution in [3.05, 3.63) is 66.2 Å². The van der Waals surface area contributed by atoms with Crippen LogP contribution in [0.25, 0.3) is 22.4 Å². The van der Waals surface area contributed by atoms with Gasteiger partial charge in [0.25, 0.3) is 11.6 Å². The normalized spacial score (nSPS) is 10.8. The molecule has 4 aromatic rings. The van der Waals surface area contributed by atoms with Crippen LogP contribution in [0.15, 0.2) is 59.4 Å². The predicted molar refractivity (Wildman–Crippen MR) is 110 cm³/mol. The van der Waals surface area contributed by atoms with Crippen LogP contribution in [-0.2, 0) is 11.3 Å².